The number of rotatable bonds is 9. The molecule has 0 N–H and O–H groups in total. The highest BCUT2D eigenvalue weighted by Crippen LogP contribution is 2.13. The first-order valence-corrected chi connectivity index (χ1v) is 5.81. The van der Waals surface area contributed by atoms with E-state index in [1.54, 1.807) is 7.11 Å². The number of methoxy groups -OCH3 is 1. The van der Waals surface area contributed by atoms with Crippen molar-refractivity contribution < 1.29 is 23.7 Å². The molecule has 0 aromatic heterocycles. The van der Waals surface area contributed by atoms with E-state index in [0.717, 1.165) is 19.4 Å². The molecule has 1 rings (SSSR count). The van der Waals surface area contributed by atoms with Crippen molar-refractivity contribution in [2.24, 2.45) is 0 Å². The quantitative estimate of drug-likeness (QED) is 0.442. The van der Waals surface area contributed by atoms with Gasteiger partial charge in [-0.15, -0.1) is 0 Å². The molecule has 1 saturated heterocycles. The molecule has 0 spiro atoms. The van der Waals surface area contributed by atoms with Gasteiger partial charge in [0, 0.05) is 13.7 Å². The van der Waals surface area contributed by atoms with E-state index in [0.29, 0.717) is 26.4 Å². The smallest absolute Gasteiger partial charge is 0.157 e. The summed E-state index contributed by atoms with van der Waals surface area (Å²) in [5, 5.41) is 0. The Morgan fingerprint density at radius 2 is 1.88 bits per heavy atom. The van der Waals surface area contributed by atoms with Crippen LogP contribution in [0.3, 0.4) is 0 Å². The maximum Gasteiger partial charge on any atom is 0.157 e. The Morgan fingerprint density at radius 1 is 1.06 bits per heavy atom. The molecule has 1 aliphatic rings. The van der Waals surface area contributed by atoms with E-state index in [-0.39, 0.29) is 13.1 Å². The van der Waals surface area contributed by atoms with Crippen molar-refractivity contribution in [3.8, 4) is 0 Å². The maximum atomic E-state index is 5.48. The van der Waals surface area contributed by atoms with Crippen LogP contribution in [0.15, 0.2) is 0 Å². The maximum absolute atomic E-state index is 5.48. The molecule has 5 nitrogen and oxygen atoms in total. The minimum Gasteiger partial charge on any atom is -0.382 e. The van der Waals surface area contributed by atoms with Crippen LogP contribution in [0.4, 0.5) is 0 Å². The summed E-state index contributed by atoms with van der Waals surface area (Å²) < 4.78 is 26.1. The summed E-state index contributed by atoms with van der Waals surface area (Å²) in [5.74, 6) is 0. The van der Waals surface area contributed by atoms with Gasteiger partial charge in [-0.3, -0.25) is 0 Å². The van der Waals surface area contributed by atoms with E-state index >= 15 is 0 Å². The molecular weight excluding hydrogens is 212 g/mol. The lowest BCUT2D eigenvalue weighted by Crippen LogP contribution is -2.24. The summed E-state index contributed by atoms with van der Waals surface area (Å²) in [4.78, 5) is 0. The van der Waals surface area contributed by atoms with E-state index in [9.17, 15) is 0 Å². The van der Waals surface area contributed by atoms with Crippen molar-refractivity contribution >= 4 is 0 Å². The molecule has 0 aromatic carbocycles. The average Bonchev–Trinajstić information content (AvgIpc) is 2.34. The summed E-state index contributed by atoms with van der Waals surface area (Å²) >= 11 is 0. The predicted molar refractivity (Wildman–Crippen MR) is 58.2 cm³/mol. The average molecular weight is 234 g/mol. The lowest BCUT2D eigenvalue weighted by molar-refractivity contribution is -0.175. The molecule has 5 heteroatoms. The molecule has 1 heterocycles. The SMILES string of the molecule is COCCOCOCCOC1CCCCO1. The van der Waals surface area contributed by atoms with Crippen LogP contribution in [0, 0.1) is 0 Å². The summed E-state index contributed by atoms with van der Waals surface area (Å²) in [5.41, 5.74) is 0. The zero-order valence-electron chi connectivity index (χ0n) is 9.98. The first-order valence-electron chi connectivity index (χ1n) is 5.81. The van der Waals surface area contributed by atoms with Crippen LogP contribution in [-0.4, -0.2) is 53.2 Å². The van der Waals surface area contributed by atoms with E-state index in [1.807, 2.05) is 0 Å². The zero-order valence-corrected chi connectivity index (χ0v) is 9.98. The molecule has 0 radical (unpaired) electrons. The third kappa shape index (κ3) is 7.14. The first kappa shape index (κ1) is 13.9. The highest BCUT2D eigenvalue weighted by Gasteiger charge is 2.13. The summed E-state index contributed by atoms with van der Waals surface area (Å²) in [6, 6.07) is 0. The summed E-state index contributed by atoms with van der Waals surface area (Å²) in [6.07, 6.45) is 3.28. The molecule has 0 saturated carbocycles. The Kier molecular flexibility index (Phi) is 8.65. The Bertz CT molecular complexity index is 147. The molecule has 0 aliphatic carbocycles. The monoisotopic (exact) mass is 234 g/mol. The third-order valence-corrected chi connectivity index (χ3v) is 2.27. The van der Waals surface area contributed by atoms with Crippen LogP contribution in [0.25, 0.3) is 0 Å². The minimum atomic E-state index is -0.0354. The van der Waals surface area contributed by atoms with Gasteiger partial charge in [-0.2, -0.15) is 0 Å². The Balaban J connectivity index is 1.77. The van der Waals surface area contributed by atoms with Crippen LogP contribution < -0.4 is 0 Å². The van der Waals surface area contributed by atoms with E-state index in [4.69, 9.17) is 23.7 Å². The number of hydrogen-bond donors (Lipinski definition) is 0. The fraction of sp³-hybridized carbons (Fsp3) is 1.00. The molecule has 0 aromatic rings. The lowest BCUT2D eigenvalue weighted by atomic mass is 10.2. The standard InChI is InChI=1S/C11H22O5/c1-12-6-7-13-10-14-8-9-16-11-4-2-3-5-15-11/h11H,2-10H2,1H3. The van der Waals surface area contributed by atoms with Gasteiger partial charge in [-0.05, 0) is 19.3 Å². The second kappa shape index (κ2) is 9.99. The van der Waals surface area contributed by atoms with Crippen LogP contribution in [-0.2, 0) is 23.7 Å². The molecule has 16 heavy (non-hydrogen) atoms. The van der Waals surface area contributed by atoms with E-state index in [1.165, 1.54) is 6.42 Å². The van der Waals surface area contributed by atoms with Gasteiger partial charge in [0.2, 0.25) is 0 Å². The first-order chi connectivity index (χ1) is 7.93. The zero-order chi connectivity index (χ0) is 11.5. The molecular formula is C11H22O5. The second-order valence-corrected chi connectivity index (χ2v) is 3.59. The topological polar surface area (TPSA) is 46.2 Å². The van der Waals surface area contributed by atoms with Crippen molar-refractivity contribution in [2.45, 2.75) is 25.6 Å². The molecule has 1 aliphatic heterocycles. The summed E-state index contributed by atoms with van der Waals surface area (Å²) in [7, 11) is 1.64. The van der Waals surface area contributed by atoms with Gasteiger partial charge in [0.05, 0.1) is 26.4 Å². The largest absolute Gasteiger partial charge is 0.382 e. The van der Waals surface area contributed by atoms with Gasteiger partial charge in [0.25, 0.3) is 0 Å². The fourth-order valence-electron chi connectivity index (χ4n) is 1.40. The van der Waals surface area contributed by atoms with Crippen LogP contribution in [0.2, 0.25) is 0 Å². The van der Waals surface area contributed by atoms with Gasteiger partial charge >= 0.3 is 0 Å². The third-order valence-electron chi connectivity index (χ3n) is 2.27. The second-order valence-electron chi connectivity index (χ2n) is 3.59. The van der Waals surface area contributed by atoms with Gasteiger partial charge in [-0.25, -0.2) is 0 Å². The van der Waals surface area contributed by atoms with E-state index in [2.05, 4.69) is 0 Å². The molecule has 1 unspecified atom stereocenters. The molecule has 1 fully saturated rings. The van der Waals surface area contributed by atoms with Crippen molar-refractivity contribution in [3.63, 3.8) is 0 Å². The van der Waals surface area contributed by atoms with Gasteiger partial charge in [0.1, 0.15) is 6.79 Å². The van der Waals surface area contributed by atoms with Crippen LogP contribution in [0.1, 0.15) is 19.3 Å². The van der Waals surface area contributed by atoms with Crippen LogP contribution >= 0.6 is 0 Å². The minimum absolute atomic E-state index is 0.0354. The Labute approximate surface area is 97.0 Å². The van der Waals surface area contributed by atoms with E-state index < -0.39 is 0 Å². The summed E-state index contributed by atoms with van der Waals surface area (Å²) in [6.45, 7) is 3.34. The molecule has 96 valence electrons. The highest BCUT2D eigenvalue weighted by atomic mass is 16.7. The van der Waals surface area contributed by atoms with Crippen molar-refractivity contribution in [2.75, 3.05) is 46.9 Å². The number of ether oxygens (including phenoxy) is 5. The lowest BCUT2D eigenvalue weighted by Gasteiger charge is -2.22. The van der Waals surface area contributed by atoms with Crippen molar-refractivity contribution in [1.29, 1.82) is 0 Å². The van der Waals surface area contributed by atoms with Gasteiger partial charge < -0.3 is 23.7 Å². The van der Waals surface area contributed by atoms with Crippen molar-refractivity contribution in [1.82, 2.24) is 0 Å². The van der Waals surface area contributed by atoms with Gasteiger partial charge in [-0.1, -0.05) is 0 Å². The Hall–Kier alpha value is -0.200. The predicted octanol–water partition coefficient (Wildman–Crippen LogP) is 1.17. The highest BCUT2D eigenvalue weighted by molar-refractivity contribution is 4.53. The fourth-order valence-corrected chi connectivity index (χ4v) is 1.40. The number of hydrogen-bond acceptors (Lipinski definition) is 5. The molecule has 0 amide bonds. The van der Waals surface area contributed by atoms with Crippen molar-refractivity contribution in [3.05, 3.63) is 0 Å². The molecule has 1 atom stereocenters. The Morgan fingerprint density at radius 3 is 2.56 bits per heavy atom. The normalized spacial score (nSPS) is 21.2. The molecule has 0 bridgehead atoms. The van der Waals surface area contributed by atoms with Gasteiger partial charge in [0.15, 0.2) is 6.29 Å². The van der Waals surface area contributed by atoms with Crippen LogP contribution in [0.5, 0.6) is 0 Å².